The molecule has 2 saturated heterocycles. The summed E-state index contributed by atoms with van der Waals surface area (Å²) >= 11 is 1.93. The third kappa shape index (κ3) is 7.76. The molecule has 2 aliphatic rings. The van der Waals surface area contributed by atoms with Crippen LogP contribution < -0.4 is 21.2 Å². The highest BCUT2D eigenvalue weighted by Gasteiger charge is 2.42. The third-order valence-corrected chi connectivity index (χ3v) is 6.36. The van der Waals surface area contributed by atoms with E-state index in [0.717, 1.165) is 63.8 Å². The van der Waals surface area contributed by atoms with Gasteiger partial charge in [0.2, 0.25) is 5.91 Å². The van der Waals surface area contributed by atoms with Crippen LogP contribution in [-0.4, -0.2) is 62.8 Å². The van der Waals surface area contributed by atoms with E-state index < -0.39 is 0 Å². The van der Waals surface area contributed by atoms with Gasteiger partial charge in [-0.05, 0) is 32.2 Å². The van der Waals surface area contributed by atoms with E-state index in [9.17, 15) is 9.59 Å². The number of carbonyl (C=O) groups is 2. The monoisotopic (exact) mass is 383 g/mol. The Morgan fingerprint density at radius 1 is 1.19 bits per heavy atom. The van der Waals surface area contributed by atoms with Crippen LogP contribution in [0.2, 0.25) is 0 Å². The fourth-order valence-corrected chi connectivity index (χ4v) is 4.98. The summed E-state index contributed by atoms with van der Waals surface area (Å²) < 4.78 is 4.80. The van der Waals surface area contributed by atoms with Crippen molar-refractivity contribution in [1.82, 2.24) is 21.2 Å². The molecular formula is C17H32BN4O3S. The summed E-state index contributed by atoms with van der Waals surface area (Å²) in [7, 11) is 3.23. The van der Waals surface area contributed by atoms with Gasteiger partial charge in [0.1, 0.15) is 0 Å². The molecule has 2 heterocycles. The molecule has 0 saturated carbocycles. The molecule has 0 aromatic rings. The van der Waals surface area contributed by atoms with Gasteiger partial charge < -0.3 is 25.8 Å². The molecule has 0 aliphatic carbocycles. The van der Waals surface area contributed by atoms with Crippen LogP contribution in [0.25, 0.3) is 0 Å². The van der Waals surface area contributed by atoms with Gasteiger partial charge in [0.25, 0.3) is 0 Å². The zero-order valence-corrected chi connectivity index (χ0v) is 16.5. The molecule has 3 amide bonds. The minimum atomic E-state index is -0.0331. The van der Waals surface area contributed by atoms with Crippen molar-refractivity contribution < 1.29 is 14.2 Å². The van der Waals surface area contributed by atoms with Crippen molar-refractivity contribution in [2.75, 3.05) is 26.0 Å². The maximum Gasteiger partial charge on any atom is 0.395 e. The third-order valence-electron chi connectivity index (χ3n) is 4.85. The predicted molar refractivity (Wildman–Crippen MR) is 106 cm³/mol. The first-order chi connectivity index (χ1) is 12.7. The quantitative estimate of drug-likeness (QED) is 0.205. The molecule has 1 radical (unpaired) electrons. The van der Waals surface area contributed by atoms with E-state index in [2.05, 4.69) is 21.2 Å². The maximum absolute atomic E-state index is 11.9. The molecule has 2 fully saturated rings. The summed E-state index contributed by atoms with van der Waals surface area (Å²) in [6.45, 7) is 1.71. The van der Waals surface area contributed by atoms with Crippen LogP contribution in [0.3, 0.4) is 0 Å². The van der Waals surface area contributed by atoms with E-state index in [1.165, 1.54) is 0 Å². The number of carbonyl (C=O) groups excluding carboxylic acids is 2. The lowest BCUT2D eigenvalue weighted by Gasteiger charge is -2.16. The van der Waals surface area contributed by atoms with Crippen molar-refractivity contribution >= 4 is 31.3 Å². The molecule has 7 nitrogen and oxygen atoms in total. The number of rotatable bonds is 14. The Morgan fingerprint density at radius 3 is 2.81 bits per heavy atom. The van der Waals surface area contributed by atoms with Crippen LogP contribution >= 0.6 is 11.8 Å². The van der Waals surface area contributed by atoms with E-state index in [1.54, 1.807) is 14.7 Å². The lowest BCUT2D eigenvalue weighted by Crippen LogP contribution is -2.36. The largest absolute Gasteiger partial charge is 0.427 e. The summed E-state index contributed by atoms with van der Waals surface area (Å²) in [4.78, 5) is 23.2. The van der Waals surface area contributed by atoms with Gasteiger partial charge in [-0.15, -0.1) is 0 Å². The van der Waals surface area contributed by atoms with Crippen LogP contribution in [0.4, 0.5) is 4.79 Å². The Morgan fingerprint density at radius 2 is 2.00 bits per heavy atom. The zero-order chi connectivity index (χ0) is 18.6. The van der Waals surface area contributed by atoms with Gasteiger partial charge in [0.05, 0.1) is 12.1 Å². The van der Waals surface area contributed by atoms with Gasteiger partial charge in [-0.25, -0.2) is 4.79 Å². The first-order valence-corrected chi connectivity index (χ1v) is 10.8. The van der Waals surface area contributed by atoms with E-state index in [1.807, 2.05) is 11.8 Å². The topological polar surface area (TPSA) is 91.5 Å². The highest BCUT2D eigenvalue weighted by atomic mass is 32.2. The lowest BCUT2D eigenvalue weighted by atomic mass is 10.0. The molecule has 26 heavy (non-hydrogen) atoms. The number of hydrogen-bond acceptors (Lipinski definition) is 5. The van der Waals surface area contributed by atoms with Gasteiger partial charge in [-0.3, -0.25) is 4.79 Å². The van der Waals surface area contributed by atoms with Crippen molar-refractivity contribution in [3.8, 4) is 0 Å². The summed E-state index contributed by atoms with van der Waals surface area (Å²) in [6.07, 6.45) is 8.07. The molecule has 0 aromatic heterocycles. The molecule has 0 bridgehead atoms. The second-order valence-electron chi connectivity index (χ2n) is 6.94. The fraction of sp³-hybridized carbons (Fsp3) is 0.882. The van der Waals surface area contributed by atoms with E-state index in [0.29, 0.717) is 11.7 Å². The van der Waals surface area contributed by atoms with Crippen LogP contribution in [0.5, 0.6) is 0 Å². The summed E-state index contributed by atoms with van der Waals surface area (Å²) in [5.41, 5.74) is 0. The maximum atomic E-state index is 11.9. The van der Waals surface area contributed by atoms with Gasteiger partial charge in [0, 0.05) is 31.1 Å². The number of thioether (sulfide) groups is 1. The first kappa shape index (κ1) is 21.4. The van der Waals surface area contributed by atoms with Gasteiger partial charge in [0.15, 0.2) is 0 Å². The minimum Gasteiger partial charge on any atom is -0.427 e. The number of hydrogen-bond donors (Lipinski definition) is 4. The Bertz CT molecular complexity index is 444. The highest BCUT2D eigenvalue weighted by Crippen LogP contribution is 2.33. The predicted octanol–water partition coefficient (Wildman–Crippen LogP) is 1.16. The molecule has 2 rings (SSSR count). The van der Waals surface area contributed by atoms with Gasteiger partial charge in [-0.1, -0.05) is 19.3 Å². The molecular weight excluding hydrogens is 351 g/mol. The molecule has 0 aromatic carbocycles. The number of unbranched alkanes of at least 4 members (excludes halogenated alkanes) is 4. The minimum absolute atomic E-state index is 0.0331. The first-order valence-electron chi connectivity index (χ1n) is 9.74. The van der Waals surface area contributed by atoms with Crippen molar-refractivity contribution in [2.24, 2.45) is 0 Å². The molecule has 0 spiro atoms. The van der Waals surface area contributed by atoms with Gasteiger partial charge >= 0.3 is 13.6 Å². The van der Waals surface area contributed by atoms with Crippen LogP contribution in [0.1, 0.15) is 51.4 Å². The van der Waals surface area contributed by atoms with Crippen molar-refractivity contribution in [2.45, 2.75) is 68.7 Å². The number of fused-ring (bicyclic) bond motifs is 1. The fourth-order valence-electron chi connectivity index (χ4n) is 3.44. The Hall–Kier alpha value is -0.925. The molecule has 0 unspecified atom stereocenters. The van der Waals surface area contributed by atoms with Crippen molar-refractivity contribution in [1.29, 1.82) is 0 Å². The second-order valence-corrected chi connectivity index (χ2v) is 8.21. The summed E-state index contributed by atoms with van der Waals surface area (Å²) in [5, 5.41) is 12.5. The summed E-state index contributed by atoms with van der Waals surface area (Å²) in [6, 6.07) is 0.521. The van der Waals surface area contributed by atoms with E-state index in [-0.39, 0.29) is 24.0 Å². The average molecular weight is 383 g/mol. The lowest BCUT2D eigenvalue weighted by molar-refractivity contribution is -0.121. The van der Waals surface area contributed by atoms with Crippen LogP contribution in [-0.2, 0) is 9.45 Å². The molecule has 3 atom stereocenters. The smallest absolute Gasteiger partial charge is 0.395 e. The Labute approximate surface area is 161 Å². The Kier molecular flexibility index (Phi) is 10.2. The second kappa shape index (κ2) is 12.5. The highest BCUT2D eigenvalue weighted by molar-refractivity contribution is 8.00. The number of urea groups is 1. The normalized spacial score (nSPS) is 24.0. The standard InChI is InChI=1S/C17H32BN4O3S/c1-25-18-20-11-7-3-2-6-10-19-15(23)9-5-4-8-14-16-13(12-26-14)21-17(24)22-16/h13-14,16,20H,2-12H2,1H3,(H,19,23)(H2,21,22,24)/t13-,14-,16-/m0/s1. The molecule has 147 valence electrons. The summed E-state index contributed by atoms with van der Waals surface area (Å²) in [5.74, 6) is 1.16. The van der Waals surface area contributed by atoms with E-state index >= 15 is 0 Å². The Balaban J connectivity index is 1.38. The van der Waals surface area contributed by atoms with Crippen molar-refractivity contribution in [3.63, 3.8) is 0 Å². The molecule has 4 N–H and O–H groups in total. The van der Waals surface area contributed by atoms with Crippen molar-refractivity contribution in [3.05, 3.63) is 0 Å². The molecule has 2 aliphatic heterocycles. The molecule has 9 heteroatoms. The number of amides is 3. The average Bonchev–Trinajstić information content (AvgIpc) is 3.16. The van der Waals surface area contributed by atoms with Gasteiger partial charge in [-0.2, -0.15) is 11.8 Å². The van der Waals surface area contributed by atoms with E-state index in [4.69, 9.17) is 4.65 Å². The SMILES string of the molecule is CO[B]NCCCCCCNC(=O)CCCC[C@@H]1SC[C@@H]2NC(=O)N[C@@H]21. The zero-order valence-electron chi connectivity index (χ0n) is 15.7. The van der Waals surface area contributed by atoms with Crippen LogP contribution in [0, 0.1) is 0 Å². The van der Waals surface area contributed by atoms with Crippen LogP contribution in [0.15, 0.2) is 0 Å². The number of nitrogens with one attached hydrogen (secondary N) is 4.